The Labute approximate surface area is 192 Å². The number of nitrogens with two attached hydrogens (primary N) is 1. The van der Waals surface area contributed by atoms with Gasteiger partial charge in [-0.25, -0.2) is 10.1 Å². The molecule has 5 rings (SSSR count). The lowest BCUT2D eigenvalue weighted by Crippen LogP contribution is -2.24. The van der Waals surface area contributed by atoms with Gasteiger partial charge in [-0.15, -0.1) is 5.10 Å². The summed E-state index contributed by atoms with van der Waals surface area (Å²) >= 11 is 0. The molecule has 0 atom stereocenters. The highest BCUT2D eigenvalue weighted by Gasteiger charge is 2.25. The minimum atomic E-state index is -0.560. The van der Waals surface area contributed by atoms with Gasteiger partial charge in [0.25, 0.3) is 5.91 Å². The average molecular weight is 461 g/mol. The van der Waals surface area contributed by atoms with Crippen LogP contribution in [0.1, 0.15) is 21.7 Å². The van der Waals surface area contributed by atoms with E-state index in [-0.39, 0.29) is 30.7 Å². The van der Waals surface area contributed by atoms with Gasteiger partial charge in [0, 0.05) is 12.7 Å². The summed E-state index contributed by atoms with van der Waals surface area (Å²) in [5.41, 5.74) is 10.4. The Morgan fingerprint density at radius 1 is 1.21 bits per heavy atom. The second-order valence-corrected chi connectivity index (χ2v) is 7.27. The van der Waals surface area contributed by atoms with Gasteiger partial charge in [0.2, 0.25) is 18.4 Å². The third kappa shape index (κ3) is 4.09. The van der Waals surface area contributed by atoms with E-state index in [4.69, 9.17) is 15.2 Å². The third-order valence-corrected chi connectivity index (χ3v) is 5.03. The van der Waals surface area contributed by atoms with Crippen LogP contribution in [0.3, 0.4) is 0 Å². The second-order valence-electron chi connectivity index (χ2n) is 7.27. The molecule has 0 radical (unpaired) electrons. The molecule has 13 nitrogen and oxygen atoms in total. The van der Waals surface area contributed by atoms with E-state index >= 15 is 0 Å². The fraction of sp³-hybridized carbons (Fsp3) is 0.143. The number of hydrogen-bond donors (Lipinski definition) is 2. The smallest absolute Gasteiger partial charge is 0.293 e. The number of ether oxygens (including phenoxy) is 2. The summed E-state index contributed by atoms with van der Waals surface area (Å²) in [5.74, 6) is 0.859. The van der Waals surface area contributed by atoms with Gasteiger partial charge in [-0.05, 0) is 46.2 Å². The van der Waals surface area contributed by atoms with Crippen LogP contribution in [-0.4, -0.2) is 51.3 Å². The number of benzene rings is 2. The zero-order valence-corrected chi connectivity index (χ0v) is 18.0. The standard InChI is InChI=1S/C21H19N9O4/c1-29(14-5-3-2-4-6-14)11-15-18(24-28-30(15)20-19(22)26-34-27-20)21(31)25-23-10-13-7-8-16-17(9-13)33-12-32-16/h2-10H,11-12H2,1H3,(H2,22,26)(H,25,31). The first-order chi connectivity index (χ1) is 16.6. The average Bonchev–Trinajstić information content (AvgIpc) is 3.59. The van der Waals surface area contributed by atoms with Gasteiger partial charge in [0.05, 0.1) is 18.5 Å². The maximum absolute atomic E-state index is 12.9. The Kier molecular flexibility index (Phi) is 5.48. The fourth-order valence-corrected chi connectivity index (χ4v) is 3.34. The molecule has 1 aliphatic rings. The van der Waals surface area contributed by atoms with Crippen molar-refractivity contribution < 1.29 is 18.9 Å². The van der Waals surface area contributed by atoms with Crippen molar-refractivity contribution in [2.45, 2.75) is 6.54 Å². The van der Waals surface area contributed by atoms with Gasteiger partial charge in [0.15, 0.2) is 17.2 Å². The number of rotatable bonds is 7. The molecular weight excluding hydrogens is 442 g/mol. The number of anilines is 2. The molecule has 3 heterocycles. The summed E-state index contributed by atoms with van der Waals surface area (Å²) in [6.45, 7) is 0.437. The molecule has 0 unspecified atom stereocenters. The summed E-state index contributed by atoms with van der Waals surface area (Å²) in [4.78, 5) is 14.9. The van der Waals surface area contributed by atoms with Crippen LogP contribution in [0.4, 0.5) is 11.5 Å². The molecule has 1 amide bonds. The Morgan fingerprint density at radius 3 is 2.82 bits per heavy atom. The van der Waals surface area contributed by atoms with Crippen molar-refractivity contribution in [3.8, 4) is 17.3 Å². The minimum absolute atomic E-state index is 0.0151. The highest BCUT2D eigenvalue weighted by Crippen LogP contribution is 2.32. The van der Waals surface area contributed by atoms with E-state index in [9.17, 15) is 4.79 Å². The van der Waals surface area contributed by atoms with Crippen molar-refractivity contribution in [1.29, 1.82) is 0 Å². The van der Waals surface area contributed by atoms with Crippen molar-refractivity contribution in [2.24, 2.45) is 5.10 Å². The Morgan fingerprint density at radius 2 is 2.03 bits per heavy atom. The number of aromatic nitrogens is 5. The number of amides is 1. The van der Waals surface area contributed by atoms with Crippen LogP contribution in [0.5, 0.6) is 11.5 Å². The maximum atomic E-state index is 12.9. The van der Waals surface area contributed by atoms with Crippen molar-refractivity contribution in [2.75, 3.05) is 24.5 Å². The third-order valence-electron chi connectivity index (χ3n) is 5.03. The van der Waals surface area contributed by atoms with Crippen LogP contribution in [0, 0.1) is 0 Å². The lowest BCUT2D eigenvalue weighted by Gasteiger charge is -2.19. The largest absolute Gasteiger partial charge is 0.454 e. The molecule has 0 bridgehead atoms. The van der Waals surface area contributed by atoms with Crippen LogP contribution >= 0.6 is 0 Å². The van der Waals surface area contributed by atoms with E-state index in [2.05, 4.69) is 35.8 Å². The van der Waals surface area contributed by atoms with E-state index < -0.39 is 5.91 Å². The monoisotopic (exact) mass is 461 g/mol. The van der Waals surface area contributed by atoms with Gasteiger partial charge < -0.3 is 20.1 Å². The minimum Gasteiger partial charge on any atom is -0.454 e. The SMILES string of the molecule is CN(Cc1c(C(=O)NN=Cc2ccc3c(c2)OCO3)nnn1-c1nonc1N)c1ccccc1. The van der Waals surface area contributed by atoms with Gasteiger partial charge in [-0.2, -0.15) is 9.78 Å². The quantitative estimate of drug-likeness (QED) is 0.304. The summed E-state index contributed by atoms with van der Waals surface area (Å²) in [5, 5.41) is 19.5. The van der Waals surface area contributed by atoms with Gasteiger partial charge in [0.1, 0.15) is 0 Å². The number of hydrogen-bond acceptors (Lipinski definition) is 11. The number of nitrogens with one attached hydrogen (secondary N) is 1. The number of hydrazone groups is 1. The first-order valence-corrected chi connectivity index (χ1v) is 10.1. The van der Waals surface area contributed by atoms with Gasteiger partial charge in [-0.3, -0.25) is 4.79 Å². The summed E-state index contributed by atoms with van der Waals surface area (Å²) < 4.78 is 16.6. The van der Waals surface area contributed by atoms with Crippen molar-refractivity contribution in [3.05, 3.63) is 65.5 Å². The number of nitrogens with zero attached hydrogens (tertiary/aromatic N) is 7. The second kappa shape index (κ2) is 8.90. The van der Waals surface area contributed by atoms with Crippen molar-refractivity contribution >= 4 is 23.6 Å². The molecular formula is C21H19N9O4. The van der Waals surface area contributed by atoms with E-state index in [1.165, 1.54) is 10.9 Å². The maximum Gasteiger partial charge on any atom is 0.293 e. The van der Waals surface area contributed by atoms with Crippen LogP contribution in [0.15, 0.2) is 58.3 Å². The molecule has 0 saturated heterocycles. The first-order valence-electron chi connectivity index (χ1n) is 10.1. The first kappa shape index (κ1) is 20.9. The van der Waals surface area contributed by atoms with E-state index in [0.29, 0.717) is 17.2 Å². The molecule has 0 saturated carbocycles. The van der Waals surface area contributed by atoms with E-state index in [0.717, 1.165) is 11.3 Å². The molecule has 13 heteroatoms. The van der Waals surface area contributed by atoms with Crippen LogP contribution in [-0.2, 0) is 6.54 Å². The van der Waals surface area contributed by atoms with Crippen LogP contribution in [0.25, 0.3) is 5.82 Å². The molecule has 3 N–H and O–H groups in total. The van der Waals surface area contributed by atoms with Crippen LogP contribution in [0.2, 0.25) is 0 Å². The number of nitrogen functional groups attached to an aromatic ring is 1. The van der Waals surface area contributed by atoms with E-state index in [1.807, 2.05) is 42.3 Å². The highest BCUT2D eigenvalue weighted by atomic mass is 16.7. The molecule has 0 fully saturated rings. The predicted molar refractivity (Wildman–Crippen MR) is 120 cm³/mol. The van der Waals surface area contributed by atoms with Gasteiger partial charge >= 0.3 is 0 Å². The molecule has 2 aromatic carbocycles. The zero-order chi connectivity index (χ0) is 23.5. The fourth-order valence-electron chi connectivity index (χ4n) is 3.34. The Bertz CT molecular complexity index is 1350. The normalized spacial score (nSPS) is 12.3. The molecule has 34 heavy (non-hydrogen) atoms. The number of para-hydroxylation sites is 1. The molecule has 2 aromatic heterocycles. The lowest BCUT2D eigenvalue weighted by molar-refractivity contribution is 0.0949. The molecule has 4 aromatic rings. The Balaban J connectivity index is 1.39. The lowest BCUT2D eigenvalue weighted by atomic mass is 10.2. The van der Waals surface area contributed by atoms with E-state index in [1.54, 1.807) is 18.2 Å². The van der Waals surface area contributed by atoms with Crippen LogP contribution < -0.4 is 25.5 Å². The predicted octanol–water partition coefficient (Wildman–Crippen LogP) is 1.36. The molecule has 1 aliphatic heterocycles. The summed E-state index contributed by atoms with van der Waals surface area (Å²) in [6, 6.07) is 15.0. The molecule has 0 spiro atoms. The summed E-state index contributed by atoms with van der Waals surface area (Å²) in [7, 11) is 1.87. The van der Waals surface area contributed by atoms with Gasteiger partial charge in [-0.1, -0.05) is 23.4 Å². The highest BCUT2D eigenvalue weighted by molar-refractivity contribution is 5.94. The van der Waals surface area contributed by atoms with Crippen molar-refractivity contribution in [1.82, 2.24) is 30.7 Å². The molecule has 172 valence electrons. The molecule has 0 aliphatic carbocycles. The summed E-state index contributed by atoms with van der Waals surface area (Å²) in [6.07, 6.45) is 1.49. The Hall–Kier alpha value is -4.94. The number of carbonyl (C=O) groups is 1. The van der Waals surface area contributed by atoms with Crippen molar-refractivity contribution in [3.63, 3.8) is 0 Å². The zero-order valence-electron chi connectivity index (χ0n) is 18.0. The number of carbonyl (C=O) groups excluding carboxylic acids is 1. The number of fused-ring (bicyclic) bond motifs is 1. The topological polar surface area (TPSA) is 159 Å².